The Morgan fingerprint density at radius 1 is 1.33 bits per heavy atom. The standard InChI is InChI=1S/C13H15N3O2/c1-9-7-10(2)16(15-9)12-5-3-11(4-6-12)14-8-13(17)18/h3-7,14H,8H2,1-2H3,(H,17,18). The Bertz CT molecular complexity index is 558. The normalized spacial score (nSPS) is 10.3. The van der Waals surface area contributed by atoms with Gasteiger partial charge in [0, 0.05) is 11.4 Å². The second kappa shape index (κ2) is 4.91. The molecule has 0 aliphatic rings. The van der Waals surface area contributed by atoms with E-state index in [1.165, 1.54) is 0 Å². The van der Waals surface area contributed by atoms with Crippen molar-refractivity contribution < 1.29 is 9.90 Å². The highest BCUT2D eigenvalue weighted by Gasteiger charge is 2.03. The van der Waals surface area contributed by atoms with Crippen LogP contribution in [0.5, 0.6) is 0 Å². The molecule has 1 aromatic heterocycles. The highest BCUT2D eigenvalue weighted by molar-refractivity contribution is 5.72. The lowest BCUT2D eigenvalue weighted by Crippen LogP contribution is -2.12. The summed E-state index contributed by atoms with van der Waals surface area (Å²) in [5.41, 5.74) is 3.78. The Morgan fingerprint density at radius 3 is 2.50 bits per heavy atom. The maximum absolute atomic E-state index is 10.4. The number of carboxylic acid groups (broad SMARTS) is 1. The lowest BCUT2D eigenvalue weighted by atomic mass is 10.2. The number of hydrogen-bond donors (Lipinski definition) is 2. The molecule has 0 atom stereocenters. The van der Waals surface area contributed by atoms with Crippen molar-refractivity contribution in [1.82, 2.24) is 9.78 Å². The Kier molecular flexibility index (Phi) is 3.32. The Labute approximate surface area is 105 Å². The first-order chi connectivity index (χ1) is 8.56. The van der Waals surface area contributed by atoms with Crippen LogP contribution in [0.4, 0.5) is 5.69 Å². The first-order valence-electron chi connectivity index (χ1n) is 5.65. The number of aryl methyl sites for hydroxylation is 2. The Balaban J connectivity index is 2.17. The lowest BCUT2D eigenvalue weighted by molar-refractivity contribution is -0.134. The molecule has 94 valence electrons. The minimum atomic E-state index is -0.877. The van der Waals surface area contributed by atoms with Crippen molar-refractivity contribution in [2.45, 2.75) is 13.8 Å². The average Bonchev–Trinajstić information content (AvgIpc) is 2.66. The number of aliphatic carboxylic acids is 1. The smallest absolute Gasteiger partial charge is 0.322 e. The Hall–Kier alpha value is -2.30. The fraction of sp³-hybridized carbons (Fsp3) is 0.231. The number of benzene rings is 1. The predicted octanol–water partition coefficient (Wildman–Crippen LogP) is 1.99. The van der Waals surface area contributed by atoms with Crippen LogP contribution in [0.15, 0.2) is 30.3 Å². The molecule has 0 saturated heterocycles. The van der Waals surface area contributed by atoms with Gasteiger partial charge in [0.05, 0.1) is 11.4 Å². The van der Waals surface area contributed by atoms with Crippen molar-refractivity contribution in [3.05, 3.63) is 41.7 Å². The summed E-state index contributed by atoms with van der Waals surface area (Å²) in [5.74, 6) is -0.877. The molecular formula is C13H15N3O2. The van der Waals surface area contributed by atoms with Crippen molar-refractivity contribution >= 4 is 11.7 Å². The molecule has 1 heterocycles. The van der Waals surface area contributed by atoms with Gasteiger partial charge in [0.15, 0.2) is 0 Å². The zero-order valence-electron chi connectivity index (χ0n) is 10.3. The number of hydrogen-bond acceptors (Lipinski definition) is 3. The van der Waals surface area contributed by atoms with E-state index in [4.69, 9.17) is 5.11 Å². The van der Waals surface area contributed by atoms with Gasteiger partial charge in [0.25, 0.3) is 0 Å². The van der Waals surface area contributed by atoms with E-state index in [0.29, 0.717) is 0 Å². The molecule has 0 saturated carbocycles. The second-order valence-corrected chi connectivity index (χ2v) is 4.13. The molecule has 18 heavy (non-hydrogen) atoms. The molecule has 2 rings (SSSR count). The van der Waals surface area contributed by atoms with Crippen LogP contribution in [0.1, 0.15) is 11.4 Å². The molecular weight excluding hydrogens is 230 g/mol. The van der Waals surface area contributed by atoms with Crippen LogP contribution in [-0.4, -0.2) is 27.4 Å². The first kappa shape index (κ1) is 12.2. The summed E-state index contributed by atoms with van der Waals surface area (Å²) in [7, 11) is 0. The van der Waals surface area contributed by atoms with Gasteiger partial charge < -0.3 is 10.4 Å². The SMILES string of the molecule is Cc1cc(C)n(-c2ccc(NCC(=O)O)cc2)n1. The molecule has 0 aliphatic carbocycles. The zero-order chi connectivity index (χ0) is 13.1. The third kappa shape index (κ3) is 2.68. The van der Waals surface area contributed by atoms with Gasteiger partial charge >= 0.3 is 5.97 Å². The topological polar surface area (TPSA) is 67.2 Å². The van der Waals surface area contributed by atoms with Crippen molar-refractivity contribution in [3.8, 4) is 5.69 Å². The van der Waals surface area contributed by atoms with Crippen molar-refractivity contribution in [1.29, 1.82) is 0 Å². The number of aromatic nitrogens is 2. The fourth-order valence-corrected chi connectivity index (χ4v) is 1.79. The van der Waals surface area contributed by atoms with E-state index in [-0.39, 0.29) is 6.54 Å². The minimum Gasteiger partial charge on any atom is -0.480 e. The number of nitrogens with zero attached hydrogens (tertiary/aromatic N) is 2. The summed E-state index contributed by atoms with van der Waals surface area (Å²) >= 11 is 0. The molecule has 1 aromatic carbocycles. The average molecular weight is 245 g/mol. The van der Waals surface area contributed by atoms with Crippen molar-refractivity contribution in [2.75, 3.05) is 11.9 Å². The van der Waals surface area contributed by atoms with Crippen LogP contribution >= 0.6 is 0 Å². The van der Waals surface area contributed by atoms with Crippen LogP contribution in [0, 0.1) is 13.8 Å². The maximum atomic E-state index is 10.4. The van der Waals surface area contributed by atoms with Crippen molar-refractivity contribution in [3.63, 3.8) is 0 Å². The third-order valence-electron chi connectivity index (χ3n) is 2.57. The van der Waals surface area contributed by atoms with Crippen LogP contribution in [-0.2, 0) is 4.79 Å². The molecule has 2 aromatic rings. The number of rotatable bonds is 4. The van der Waals surface area contributed by atoms with Gasteiger partial charge in [-0.2, -0.15) is 5.10 Å². The molecule has 0 radical (unpaired) electrons. The van der Waals surface area contributed by atoms with Gasteiger partial charge in [0.2, 0.25) is 0 Å². The van der Waals surface area contributed by atoms with Crippen LogP contribution in [0.25, 0.3) is 5.69 Å². The number of carbonyl (C=O) groups is 1. The summed E-state index contributed by atoms with van der Waals surface area (Å²) in [6.07, 6.45) is 0. The van der Waals surface area contributed by atoms with Gasteiger partial charge in [-0.3, -0.25) is 4.79 Å². The largest absolute Gasteiger partial charge is 0.480 e. The van der Waals surface area contributed by atoms with E-state index in [0.717, 1.165) is 22.8 Å². The number of nitrogens with one attached hydrogen (secondary N) is 1. The molecule has 0 spiro atoms. The maximum Gasteiger partial charge on any atom is 0.322 e. The molecule has 2 N–H and O–H groups in total. The van der Waals surface area contributed by atoms with Gasteiger partial charge in [-0.25, -0.2) is 4.68 Å². The quantitative estimate of drug-likeness (QED) is 0.864. The molecule has 0 fully saturated rings. The van der Waals surface area contributed by atoms with Gasteiger partial charge in [-0.15, -0.1) is 0 Å². The van der Waals surface area contributed by atoms with Gasteiger partial charge in [-0.05, 0) is 44.2 Å². The van der Waals surface area contributed by atoms with Crippen LogP contribution < -0.4 is 5.32 Å². The van der Waals surface area contributed by atoms with E-state index in [1.54, 1.807) is 0 Å². The third-order valence-corrected chi connectivity index (χ3v) is 2.57. The number of carboxylic acids is 1. The molecule has 0 aliphatic heterocycles. The minimum absolute atomic E-state index is 0.0841. The zero-order valence-corrected chi connectivity index (χ0v) is 10.3. The number of anilines is 1. The lowest BCUT2D eigenvalue weighted by Gasteiger charge is -2.07. The summed E-state index contributed by atoms with van der Waals surface area (Å²) in [4.78, 5) is 10.4. The fourth-order valence-electron chi connectivity index (χ4n) is 1.79. The van der Waals surface area contributed by atoms with E-state index < -0.39 is 5.97 Å². The van der Waals surface area contributed by atoms with Crippen LogP contribution in [0.2, 0.25) is 0 Å². The second-order valence-electron chi connectivity index (χ2n) is 4.13. The monoisotopic (exact) mass is 245 g/mol. The van der Waals surface area contributed by atoms with Crippen molar-refractivity contribution in [2.24, 2.45) is 0 Å². The molecule has 0 unspecified atom stereocenters. The summed E-state index contributed by atoms with van der Waals surface area (Å²) in [5, 5.41) is 15.8. The highest BCUT2D eigenvalue weighted by Crippen LogP contribution is 2.15. The van der Waals surface area contributed by atoms with E-state index in [2.05, 4.69) is 10.4 Å². The highest BCUT2D eigenvalue weighted by atomic mass is 16.4. The van der Waals surface area contributed by atoms with E-state index >= 15 is 0 Å². The first-order valence-corrected chi connectivity index (χ1v) is 5.65. The van der Waals surface area contributed by atoms with Crippen LogP contribution in [0.3, 0.4) is 0 Å². The van der Waals surface area contributed by atoms with E-state index in [1.807, 2.05) is 48.9 Å². The van der Waals surface area contributed by atoms with Gasteiger partial charge in [0.1, 0.15) is 6.54 Å². The van der Waals surface area contributed by atoms with E-state index in [9.17, 15) is 4.79 Å². The molecule has 5 nitrogen and oxygen atoms in total. The Morgan fingerprint density at radius 2 is 2.00 bits per heavy atom. The summed E-state index contributed by atoms with van der Waals surface area (Å²) in [6, 6.07) is 9.51. The molecule has 0 amide bonds. The predicted molar refractivity (Wildman–Crippen MR) is 69.2 cm³/mol. The summed E-state index contributed by atoms with van der Waals surface area (Å²) < 4.78 is 1.86. The van der Waals surface area contributed by atoms with Gasteiger partial charge in [-0.1, -0.05) is 0 Å². The molecule has 0 bridgehead atoms. The molecule has 5 heteroatoms. The summed E-state index contributed by atoms with van der Waals surface area (Å²) in [6.45, 7) is 3.86.